The van der Waals surface area contributed by atoms with Crippen molar-refractivity contribution in [2.75, 3.05) is 6.54 Å². The number of carbonyl (C=O) groups excluding carboxylic acids is 1. The van der Waals surface area contributed by atoms with Crippen LogP contribution in [0.4, 0.5) is 4.79 Å². The third-order valence-electron chi connectivity index (χ3n) is 2.95. The molecule has 6 nitrogen and oxygen atoms in total. The molecule has 0 aliphatic heterocycles. The normalized spacial score (nSPS) is 11.1. The molecule has 22 heavy (non-hydrogen) atoms. The third kappa shape index (κ3) is 5.14. The number of thiophene rings is 1. The Morgan fingerprint density at radius 3 is 2.45 bits per heavy atom. The first-order valence-electron chi connectivity index (χ1n) is 6.61. The van der Waals surface area contributed by atoms with E-state index in [4.69, 9.17) is 5.14 Å². The number of hydrogen-bond donors (Lipinski definition) is 3. The minimum Gasteiger partial charge on any atom is -0.338 e. The predicted molar refractivity (Wildman–Crippen MR) is 86.1 cm³/mol. The Kier molecular flexibility index (Phi) is 5.53. The molecular formula is C14H17N3O3S2. The van der Waals surface area contributed by atoms with Crippen molar-refractivity contribution in [1.29, 1.82) is 0 Å². The SMILES string of the molecule is NS(=O)(=O)c1ccc(CCNC(=O)NCc2cccs2)cc1. The molecule has 0 radical (unpaired) electrons. The van der Waals surface area contributed by atoms with Crippen LogP contribution in [0.25, 0.3) is 0 Å². The topological polar surface area (TPSA) is 101 Å². The molecule has 2 aromatic rings. The van der Waals surface area contributed by atoms with Crippen LogP contribution in [0.15, 0.2) is 46.7 Å². The van der Waals surface area contributed by atoms with Crippen LogP contribution in [0.5, 0.6) is 0 Å². The van der Waals surface area contributed by atoms with Crippen LogP contribution in [-0.4, -0.2) is 21.0 Å². The fourth-order valence-electron chi connectivity index (χ4n) is 1.81. The first kappa shape index (κ1) is 16.5. The average molecular weight is 339 g/mol. The van der Waals surface area contributed by atoms with Gasteiger partial charge in [0.15, 0.2) is 0 Å². The second-order valence-electron chi connectivity index (χ2n) is 4.63. The summed E-state index contributed by atoms with van der Waals surface area (Å²) in [6.07, 6.45) is 0.608. The Balaban J connectivity index is 1.73. The highest BCUT2D eigenvalue weighted by atomic mass is 32.2. The van der Waals surface area contributed by atoms with Crippen LogP contribution >= 0.6 is 11.3 Å². The van der Waals surface area contributed by atoms with Crippen LogP contribution in [0.2, 0.25) is 0 Å². The van der Waals surface area contributed by atoms with Gasteiger partial charge in [0.1, 0.15) is 0 Å². The molecule has 0 atom stereocenters. The van der Waals surface area contributed by atoms with Gasteiger partial charge in [0.25, 0.3) is 0 Å². The van der Waals surface area contributed by atoms with E-state index in [2.05, 4.69) is 10.6 Å². The van der Waals surface area contributed by atoms with Crippen molar-refractivity contribution in [3.05, 3.63) is 52.2 Å². The maximum absolute atomic E-state index is 11.6. The van der Waals surface area contributed by atoms with E-state index in [-0.39, 0.29) is 10.9 Å². The number of nitrogens with two attached hydrogens (primary N) is 1. The molecule has 1 heterocycles. The van der Waals surface area contributed by atoms with Gasteiger partial charge in [-0.2, -0.15) is 0 Å². The van der Waals surface area contributed by atoms with Gasteiger partial charge in [0.05, 0.1) is 11.4 Å². The zero-order valence-electron chi connectivity index (χ0n) is 11.8. The van der Waals surface area contributed by atoms with E-state index < -0.39 is 10.0 Å². The summed E-state index contributed by atoms with van der Waals surface area (Å²) in [5, 5.41) is 12.5. The van der Waals surface area contributed by atoms with E-state index in [9.17, 15) is 13.2 Å². The largest absolute Gasteiger partial charge is 0.338 e. The van der Waals surface area contributed by atoms with Crippen molar-refractivity contribution < 1.29 is 13.2 Å². The first-order chi connectivity index (χ1) is 10.4. The molecule has 0 spiro atoms. The van der Waals surface area contributed by atoms with E-state index in [1.165, 1.54) is 12.1 Å². The lowest BCUT2D eigenvalue weighted by atomic mass is 10.1. The van der Waals surface area contributed by atoms with Crippen LogP contribution in [0.3, 0.4) is 0 Å². The third-order valence-corrected chi connectivity index (χ3v) is 4.76. The molecule has 2 amide bonds. The minimum atomic E-state index is -3.66. The Morgan fingerprint density at radius 1 is 1.14 bits per heavy atom. The van der Waals surface area contributed by atoms with Crippen molar-refractivity contribution in [3.8, 4) is 0 Å². The number of amides is 2. The Bertz CT molecular complexity index is 710. The highest BCUT2D eigenvalue weighted by Gasteiger charge is 2.06. The maximum Gasteiger partial charge on any atom is 0.315 e. The Morgan fingerprint density at radius 2 is 1.86 bits per heavy atom. The fraction of sp³-hybridized carbons (Fsp3) is 0.214. The standard InChI is InChI=1S/C14H17N3O3S2/c15-22(19,20)13-5-3-11(4-6-13)7-8-16-14(18)17-10-12-2-1-9-21-12/h1-6,9H,7-8,10H2,(H2,15,19,20)(H2,16,17,18). The Labute approximate surface area is 133 Å². The number of primary sulfonamides is 1. The van der Waals surface area contributed by atoms with Gasteiger partial charge < -0.3 is 10.6 Å². The smallest absolute Gasteiger partial charge is 0.315 e. The molecule has 1 aromatic carbocycles. The van der Waals surface area contributed by atoms with E-state index in [0.29, 0.717) is 19.5 Å². The summed E-state index contributed by atoms with van der Waals surface area (Å²) in [6.45, 7) is 0.970. The molecule has 0 fully saturated rings. The fourth-order valence-corrected chi connectivity index (χ4v) is 2.97. The summed E-state index contributed by atoms with van der Waals surface area (Å²) in [4.78, 5) is 12.8. The summed E-state index contributed by atoms with van der Waals surface area (Å²) < 4.78 is 22.3. The number of carbonyl (C=O) groups is 1. The Hall–Kier alpha value is -1.90. The number of benzene rings is 1. The van der Waals surface area contributed by atoms with Crippen LogP contribution in [-0.2, 0) is 23.0 Å². The van der Waals surface area contributed by atoms with E-state index in [1.54, 1.807) is 23.5 Å². The van der Waals surface area contributed by atoms with Crippen molar-refractivity contribution in [3.63, 3.8) is 0 Å². The molecule has 0 aliphatic rings. The summed E-state index contributed by atoms with van der Waals surface area (Å²) in [5.74, 6) is 0. The zero-order chi connectivity index (χ0) is 16.0. The summed E-state index contributed by atoms with van der Waals surface area (Å²) >= 11 is 1.59. The monoisotopic (exact) mass is 339 g/mol. The summed E-state index contributed by atoms with van der Waals surface area (Å²) in [7, 11) is -3.66. The molecule has 118 valence electrons. The summed E-state index contributed by atoms with van der Waals surface area (Å²) in [5.41, 5.74) is 0.922. The van der Waals surface area contributed by atoms with Gasteiger partial charge in [-0.15, -0.1) is 11.3 Å². The van der Waals surface area contributed by atoms with E-state index in [0.717, 1.165) is 10.4 Å². The van der Waals surface area contributed by atoms with Crippen LogP contribution < -0.4 is 15.8 Å². The molecule has 0 aliphatic carbocycles. The van der Waals surface area contributed by atoms with E-state index in [1.807, 2.05) is 17.5 Å². The average Bonchev–Trinajstić information content (AvgIpc) is 2.98. The van der Waals surface area contributed by atoms with E-state index >= 15 is 0 Å². The molecule has 0 saturated heterocycles. The van der Waals surface area contributed by atoms with Gasteiger partial charge in [-0.1, -0.05) is 18.2 Å². The predicted octanol–water partition coefficient (Wildman–Crippen LogP) is 1.44. The molecular weight excluding hydrogens is 322 g/mol. The highest BCUT2D eigenvalue weighted by Crippen LogP contribution is 2.09. The number of sulfonamides is 1. The number of nitrogens with one attached hydrogen (secondary N) is 2. The van der Waals surface area contributed by atoms with Gasteiger partial charge in [-0.3, -0.25) is 0 Å². The lowest BCUT2D eigenvalue weighted by Crippen LogP contribution is -2.36. The second kappa shape index (κ2) is 7.39. The minimum absolute atomic E-state index is 0.0814. The molecule has 0 unspecified atom stereocenters. The van der Waals surface area contributed by atoms with Crippen molar-refractivity contribution in [1.82, 2.24) is 10.6 Å². The first-order valence-corrected chi connectivity index (χ1v) is 9.03. The zero-order valence-corrected chi connectivity index (χ0v) is 13.4. The molecule has 4 N–H and O–H groups in total. The second-order valence-corrected chi connectivity index (χ2v) is 7.22. The van der Waals surface area contributed by atoms with Gasteiger partial charge in [-0.05, 0) is 35.6 Å². The van der Waals surface area contributed by atoms with Gasteiger partial charge >= 0.3 is 6.03 Å². The maximum atomic E-state index is 11.6. The summed E-state index contributed by atoms with van der Waals surface area (Å²) in [6, 6.07) is 9.96. The molecule has 0 saturated carbocycles. The highest BCUT2D eigenvalue weighted by molar-refractivity contribution is 7.89. The molecule has 8 heteroatoms. The molecule has 0 bridgehead atoms. The van der Waals surface area contributed by atoms with Crippen molar-refractivity contribution >= 4 is 27.4 Å². The van der Waals surface area contributed by atoms with Gasteiger partial charge in [0.2, 0.25) is 10.0 Å². The molecule has 2 rings (SSSR count). The van der Waals surface area contributed by atoms with Gasteiger partial charge in [-0.25, -0.2) is 18.4 Å². The van der Waals surface area contributed by atoms with Crippen LogP contribution in [0, 0.1) is 0 Å². The number of hydrogen-bond acceptors (Lipinski definition) is 4. The quantitative estimate of drug-likeness (QED) is 0.742. The number of rotatable bonds is 6. The lowest BCUT2D eigenvalue weighted by Gasteiger charge is -2.07. The van der Waals surface area contributed by atoms with Gasteiger partial charge in [0, 0.05) is 11.4 Å². The number of urea groups is 1. The van der Waals surface area contributed by atoms with Crippen molar-refractivity contribution in [2.45, 2.75) is 17.9 Å². The lowest BCUT2D eigenvalue weighted by molar-refractivity contribution is 0.240. The van der Waals surface area contributed by atoms with Crippen LogP contribution in [0.1, 0.15) is 10.4 Å². The molecule has 1 aromatic heterocycles. The van der Waals surface area contributed by atoms with Crippen molar-refractivity contribution in [2.24, 2.45) is 5.14 Å².